The highest BCUT2D eigenvalue weighted by molar-refractivity contribution is 5.98. The summed E-state index contributed by atoms with van der Waals surface area (Å²) >= 11 is 0. The van der Waals surface area contributed by atoms with Crippen molar-refractivity contribution >= 4 is 11.7 Å². The number of hydrazine groups is 1. The number of hydrogen-bond donors (Lipinski definition) is 3. The van der Waals surface area contributed by atoms with Crippen molar-refractivity contribution in [3.05, 3.63) is 23.9 Å². The van der Waals surface area contributed by atoms with Gasteiger partial charge in [-0.3, -0.25) is 4.79 Å². The SMILES string of the molecule is COCCC(C)NC(=O)c1cccnc1NN. The molecule has 1 heterocycles. The maximum Gasteiger partial charge on any atom is 0.255 e. The third kappa shape index (κ3) is 4.01. The van der Waals surface area contributed by atoms with Gasteiger partial charge in [-0.25, -0.2) is 10.8 Å². The molecule has 0 aromatic carbocycles. The zero-order valence-electron chi connectivity index (χ0n) is 10.1. The average Bonchev–Trinajstić information content (AvgIpc) is 2.36. The van der Waals surface area contributed by atoms with E-state index in [4.69, 9.17) is 10.6 Å². The Morgan fingerprint density at radius 3 is 3.06 bits per heavy atom. The molecule has 6 nitrogen and oxygen atoms in total. The Kier molecular flexibility index (Phi) is 5.38. The van der Waals surface area contributed by atoms with E-state index in [-0.39, 0.29) is 11.9 Å². The lowest BCUT2D eigenvalue weighted by Crippen LogP contribution is -2.34. The van der Waals surface area contributed by atoms with Crippen LogP contribution in [0.25, 0.3) is 0 Å². The van der Waals surface area contributed by atoms with Gasteiger partial charge in [-0.05, 0) is 25.5 Å². The third-order valence-electron chi connectivity index (χ3n) is 2.32. The first-order valence-corrected chi connectivity index (χ1v) is 5.40. The second kappa shape index (κ2) is 6.82. The summed E-state index contributed by atoms with van der Waals surface area (Å²) in [6, 6.07) is 3.39. The molecular weight excluding hydrogens is 220 g/mol. The van der Waals surface area contributed by atoms with E-state index in [1.165, 1.54) is 0 Å². The second-order valence-electron chi connectivity index (χ2n) is 3.70. The van der Waals surface area contributed by atoms with E-state index in [1.807, 2.05) is 6.92 Å². The third-order valence-corrected chi connectivity index (χ3v) is 2.32. The van der Waals surface area contributed by atoms with Crippen LogP contribution in [0.15, 0.2) is 18.3 Å². The number of hydrogen-bond acceptors (Lipinski definition) is 5. The van der Waals surface area contributed by atoms with Crippen molar-refractivity contribution in [1.82, 2.24) is 10.3 Å². The Balaban J connectivity index is 2.63. The molecule has 0 aliphatic heterocycles. The largest absolute Gasteiger partial charge is 0.385 e. The number of pyridine rings is 1. The molecule has 0 spiro atoms. The van der Waals surface area contributed by atoms with E-state index in [1.54, 1.807) is 25.4 Å². The lowest BCUT2D eigenvalue weighted by atomic mass is 10.2. The topological polar surface area (TPSA) is 89.3 Å². The number of amides is 1. The number of carbonyl (C=O) groups is 1. The van der Waals surface area contributed by atoms with Crippen LogP contribution in [0.3, 0.4) is 0 Å². The molecule has 1 unspecified atom stereocenters. The van der Waals surface area contributed by atoms with Gasteiger partial charge in [0.25, 0.3) is 5.91 Å². The molecule has 4 N–H and O–H groups in total. The summed E-state index contributed by atoms with van der Waals surface area (Å²) in [5.74, 6) is 5.45. The van der Waals surface area contributed by atoms with Gasteiger partial charge in [-0.2, -0.15) is 0 Å². The van der Waals surface area contributed by atoms with E-state index in [0.717, 1.165) is 6.42 Å². The molecule has 0 fully saturated rings. The molecule has 1 aromatic rings. The molecule has 17 heavy (non-hydrogen) atoms. The quantitative estimate of drug-likeness (QED) is 0.496. The highest BCUT2D eigenvalue weighted by Gasteiger charge is 2.13. The number of nitrogen functional groups attached to an aromatic ring is 1. The van der Waals surface area contributed by atoms with Crippen LogP contribution >= 0.6 is 0 Å². The average molecular weight is 238 g/mol. The van der Waals surface area contributed by atoms with Crippen LogP contribution in [0.4, 0.5) is 5.82 Å². The summed E-state index contributed by atoms with van der Waals surface area (Å²) in [6.07, 6.45) is 2.33. The minimum Gasteiger partial charge on any atom is -0.385 e. The molecule has 1 amide bonds. The van der Waals surface area contributed by atoms with Crippen molar-refractivity contribution in [1.29, 1.82) is 0 Å². The maximum absolute atomic E-state index is 11.9. The van der Waals surface area contributed by atoms with Gasteiger partial charge in [0, 0.05) is 26.0 Å². The van der Waals surface area contributed by atoms with Crippen molar-refractivity contribution in [2.45, 2.75) is 19.4 Å². The summed E-state index contributed by atoms with van der Waals surface area (Å²) in [5.41, 5.74) is 2.83. The van der Waals surface area contributed by atoms with Gasteiger partial charge < -0.3 is 15.5 Å². The van der Waals surface area contributed by atoms with Gasteiger partial charge in [0.15, 0.2) is 5.82 Å². The first-order chi connectivity index (χ1) is 8.19. The van der Waals surface area contributed by atoms with E-state index in [0.29, 0.717) is 18.0 Å². The summed E-state index contributed by atoms with van der Waals surface area (Å²) < 4.78 is 4.95. The number of rotatable bonds is 6. The van der Waals surface area contributed by atoms with Crippen LogP contribution in [-0.2, 0) is 4.74 Å². The van der Waals surface area contributed by atoms with E-state index in [9.17, 15) is 4.79 Å². The van der Waals surface area contributed by atoms with Crippen molar-refractivity contribution in [3.63, 3.8) is 0 Å². The number of nitrogens with one attached hydrogen (secondary N) is 2. The summed E-state index contributed by atoms with van der Waals surface area (Å²) in [4.78, 5) is 15.9. The number of anilines is 1. The highest BCUT2D eigenvalue weighted by atomic mass is 16.5. The van der Waals surface area contributed by atoms with Crippen LogP contribution in [0.5, 0.6) is 0 Å². The Labute approximate surface area is 101 Å². The number of carbonyl (C=O) groups excluding carboxylic acids is 1. The van der Waals surface area contributed by atoms with Crippen molar-refractivity contribution in [3.8, 4) is 0 Å². The fourth-order valence-electron chi connectivity index (χ4n) is 1.37. The Hall–Kier alpha value is -1.66. The zero-order chi connectivity index (χ0) is 12.7. The van der Waals surface area contributed by atoms with E-state index >= 15 is 0 Å². The lowest BCUT2D eigenvalue weighted by Gasteiger charge is -2.14. The van der Waals surface area contributed by atoms with Gasteiger partial charge >= 0.3 is 0 Å². The number of nitrogens with two attached hydrogens (primary N) is 1. The normalized spacial score (nSPS) is 11.9. The Bertz CT molecular complexity index is 370. The Morgan fingerprint density at radius 1 is 1.65 bits per heavy atom. The molecule has 0 radical (unpaired) electrons. The van der Waals surface area contributed by atoms with Crippen LogP contribution < -0.4 is 16.6 Å². The molecule has 0 bridgehead atoms. The molecular formula is C11H18N4O2. The molecule has 1 atom stereocenters. The fraction of sp³-hybridized carbons (Fsp3) is 0.455. The summed E-state index contributed by atoms with van der Waals surface area (Å²) in [5, 5.41) is 2.85. The molecule has 0 saturated heterocycles. The molecule has 0 saturated carbocycles. The van der Waals surface area contributed by atoms with Crippen molar-refractivity contribution < 1.29 is 9.53 Å². The van der Waals surface area contributed by atoms with E-state index in [2.05, 4.69) is 15.7 Å². The van der Waals surface area contributed by atoms with Gasteiger partial charge in [-0.15, -0.1) is 0 Å². The highest BCUT2D eigenvalue weighted by Crippen LogP contribution is 2.09. The van der Waals surface area contributed by atoms with Crippen LogP contribution in [0.2, 0.25) is 0 Å². The number of ether oxygens (including phenoxy) is 1. The van der Waals surface area contributed by atoms with E-state index < -0.39 is 0 Å². The van der Waals surface area contributed by atoms with Crippen LogP contribution in [-0.4, -0.2) is 30.6 Å². The van der Waals surface area contributed by atoms with Gasteiger partial charge in [-0.1, -0.05) is 0 Å². The van der Waals surface area contributed by atoms with Gasteiger partial charge in [0.1, 0.15) is 0 Å². The molecule has 6 heteroatoms. The maximum atomic E-state index is 11.9. The first-order valence-electron chi connectivity index (χ1n) is 5.40. The second-order valence-corrected chi connectivity index (χ2v) is 3.70. The van der Waals surface area contributed by atoms with Crippen molar-refractivity contribution in [2.24, 2.45) is 5.84 Å². The summed E-state index contributed by atoms with van der Waals surface area (Å²) in [6.45, 7) is 2.53. The monoisotopic (exact) mass is 238 g/mol. The first kappa shape index (κ1) is 13.4. The molecule has 1 aromatic heterocycles. The van der Waals surface area contributed by atoms with Crippen LogP contribution in [0.1, 0.15) is 23.7 Å². The van der Waals surface area contributed by atoms with Crippen molar-refractivity contribution in [2.75, 3.05) is 19.1 Å². The van der Waals surface area contributed by atoms with Gasteiger partial charge in [0.05, 0.1) is 5.56 Å². The number of nitrogens with zero attached hydrogens (tertiary/aromatic N) is 1. The zero-order valence-corrected chi connectivity index (χ0v) is 10.1. The minimum absolute atomic E-state index is 0.0354. The predicted molar refractivity (Wildman–Crippen MR) is 65.5 cm³/mol. The molecule has 94 valence electrons. The summed E-state index contributed by atoms with van der Waals surface area (Å²) in [7, 11) is 1.63. The standard InChI is InChI=1S/C11H18N4O2/c1-8(5-7-17-2)14-11(16)9-4-3-6-13-10(9)15-12/h3-4,6,8H,5,7,12H2,1-2H3,(H,13,15)(H,14,16). The smallest absolute Gasteiger partial charge is 0.255 e. The predicted octanol–water partition coefficient (Wildman–Crippen LogP) is 0.522. The minimum atomic E-state index is -0.199. The molecule has 1 rings (SSSR count). The molecule has 0 aliphatic rings. The van der Waals surface area contributed by atoms with Crippen LogP contribution in [0, 0.1) is 0 Å². The fourth-order valence-corrected chi connectivity index (χ4v) is 1.37. The Morgan fingerprint density at radius 2 is 2.41 bits per heavy atom. The number of methoxy groups -OCH3 is 1. The van der Waals surface area contributed by atoms with Gasteiger partial charge in [0.2, 0.25) is 0 Å². The molecule has 0 aliphatic carbocycles. The number of aromatic nitrogens is 1. The lowest BCUT2D eigenvalue weighted by molar-refractivity contribution is 0.0930.